The van der Waals surface area contributed by atoms with E-state index in [4.69, 9.17) is 23.8 Å². The van der Waals surface area contributed by atoms with Crippen LogP contribution in [0.4, 0.5) is 10.1 Å². The van der Waals surface area contributed by atoms with Crippen molar-refractivity contribution in [2.45, 2.75) is 39.3 Å². The molecule has 4 aromatic rings. The van der Waals surface area contributed by atoms with Gasteiger partial charge in [-0.1, -0.05) is 23.7 Å². The number of hydrogen-bond acceptors (Lipinski definition) is 3. The minimum absolute atomic E-state index is 0.176. The third kappa shape index (κ3) is 5.40. The second-order valence-electron chi connectivity index (χ2n) is 9.67. The molecule has 1 amide bonds. The predicted octanol–water partition coefficient (Wildman–Crippen LogP) is 6.59. The lowest BCUT2D eigenvalue weighted by atomic mass is 9.96. The molecule has 0 radical (unpaired) electrons. The van der Waals surface area contributed by atoms with Crippen LogP contribution in [0.15, 0.2) is 72.9 Å². The van der Waals surface area contributed by atoms with Gasteiger partial charge in [0.2, 0.25) is 5.91 Å². The molecular weight excluding hydrogens is 533 g/mol. The molecule has 0 saturated carbocycles. The molecule has 2 aromatic carbocycles. The first-order valence-corrected chi connectivity index (χ1v) is 13.5. The summed E-state index contributed by atoms with van der Waals surface area (Å²) in [5, 5.41) is 7.57. The summed E-state index contributed by atoms with van der Waals surface area (Å²) in [5.41, 5.74) is 6.67. The van der Waals surface area contributed by atoms with Crippen LogP contribution in [0.5, 0.6) is 0 Å². The van der Waals surface area contributed by atoms with Gasteiger partial charge in [-0.05, 0) is 98.7 Å². The topological polar surface area (TPSA) is 62.2 Å². The molecule has 0 bridgehead atoms. The van der Waals surface area contributed by atoms with Crippen molar-refractivity contribution < 1.29 is 9.18 Å². The summed E-state index contributed by atoms with van der Waals surface area (Å²) in [6.45, 7) is 6.59. The molecule has 39 heavy (non-hydrogen) atoms. The maximum atomic E-state index is 13.3. The Morgan fingerprint density at radius 2 is 1.87 bits per heavy atom. The lowest BCUT2D eigenvalue weighted by Crippen LogP contribution is -2.32. The quantitative estimate of drug-likeness (QED) is 0.249. The first-order valence-electron chi connectivity index (χ1n) is 12.7. The number of rotatable bonds is 7. The van der Waals surface area contributed by atoms with E-state index >= 15 is 0 Å². The van der Waals surface area contributed by atoms with Gasteiger partial charge in [-0.15, -0.1) is 0 Å². The number of thiocarbonyl (C=S) groups is 1. The summed E-state index contributed by atoms with van der Waals surface area (Å²) in [5.74, 6) is -0.528. The molecular formula is C30H29ClFN5OS. The highest BCUT2D eigenvalue weighted by molar-refractivity contribution is 7.80. The molecule has 5 rings (SSSR count). The number of nitrogens with one attached hydrogen (secondary N) is 2. The number of pyridine rings is 1. The van der Waals surface area contributed by atoms with Crippen LogP contribution in [0, 0.1) is 26.6 Å². The lowest BCUT2D eigenvalue weighted by Gasteiger charge is -2.28. The van der Waals surface area contributed by atoms with Crippen LogP contribution >= 0.6 is 23.8 Å². The lowest BCUT2D eigenvalue weighted by molar-refractivity contribution is -0.116. The van der Waals surface area contributed by atoms with Crippen molar-refractivity contribution in [1.82, 2.24) is 19.8 Å². The van der Waals surface area contributed by atoms with Crippen molar-refractivity contribution in [2.24, 2.45) is 0 Å². The molecule has 2 aromatic heterocycles. The van der Waals surface area contributed by atoms with Gasteiger partial charge in [0.1, 0.15) is 5.82 Å². The summed E-state index contributed by atoms with van der Waals surface area (Å²) in [6.07, 6.45) is 1.98. The van der Waals surface area contributed by atoms with Gasteiger partial charge in [-0.3, -0.25) is 9.78 Å². The van der Waals surface area contributed by atoms with Crippen LogP contribution in [0.25, 0.3) is 5.69 Å². The number of aromatic nitrogens is 2. The van der Waals surface area contributed by atoms with E-state index in [0.717, 1.165) is 33.9 Å². The van der Waals surface area contributed by atoms with Crippen molar-refractivity contribution in [2.75, 3.05) is 11.9 Å². The zero-order valence-electron chi connectivity index (χ0n) is 21.9. The maximum absolute atomic E-state index is 13.3. The Hall–Kier alpha value is -3.75. The predicted molar refractivity (Wildman–Crippen MR) is 157 cm³/mol. The molecule has 0 aliphatic carbocycles. The van der Waals surface area contributed by atoms with Gasteiger partial charge in [-0.2, -0.15) is 0 Å². The second-order valence-corrected chi connectivity index (χ2v) is 10.5. The molecule has 6 nitrogen and oxygen atoms in total. The van der Waals surface area contributed by atoms with Crippen molar-refractivity contribution in [3.05, 3.63) is 112 Å². The van der Waals surface area contributed by atoms with Crippen LogP contribution in [-0.4, -0.2) is 32.0 Å². The second kappa shape index (κ2) is 11.2. The number of carbonyl (C=O) groups excluding carboxylic acids is 1. The van der Waals surface area contributed by atoms with Gasteiger partial charge >= 0.3 is 0 Å². The Bertz CT molecular complexity index is 1520. The minimum Gasteiger partial charge on any atom is -0.352 e. The Morgan fingerprint density at radius 3 is 2.59 bits per heavy atom. The average molecular weight is 562 g/mol. The van der Waals surface area contributed by atoms with Crippen LogP contribution in [0.2, 0.25) is 5.02 Å². The number of nitrogens with zero attached hydrogens (tertiary/aromatic N) is 3. The summed E-state index contributed by atoms with van der Waals surface area (Å²) in [6, 6.07) is 19.3. The molecule has 1 saturated heterocycles. The van der Waals surface area contributed by atoms with E-state index in [-0.39, 0.29) is 30.2 Å². The van der Waals surface area contributed by atoms with E-state index in [1.165, 1.54) is 12.1 Å². The SMILES string of the molecule is Cc1c(Cl)cccc1-n1c(C)cc([C@@H]2[C@@H](c3ccccn3)NC(=S)N2CCC(=O)Nc2ccc(F)cc2)c1C. The number of aryl methyl sites for hydroxylation is 1. The highest BCUT2D eigenvalue weighted by Gasteiger charge is 2.41. The average Bonchev–Trinajstić information content (AvgIpc) is 3.40. The molecule has 3 heterocycles. The molecule has 0 spiro atoms. The maximum Gasteiger partial charge on any atom is 0.226 e. The summed E-state index contributed by atoms with van der Waals surface area (Å²) >= 11 is 12.3. The summed E-state index contributed by atoms with van der Waals surface area (Å²) < 4.78 is 15.5. The van der Waals surface area contributed by atoms with Gasteiger partial charge in [0.25, 0.3) is 0 Å². The van der Waals surface area contributed by atoms with Gasteiger partial charge in [0.15, 0.2) is 5.11 Å². The summed E-state index contributed by atoms with van der Waals surface area (Å²) in [4.78, 5) is 19.5. The zero-order valence-corrected chi connectivity index (χ0v) is 23.5. The number of anilines is 1. The molecule has 200 valence electrons. The smallest absolute Gasteiger partial charge is 0.226 e. The number of halogens is 2. The highest BCUT2D eigenvalue weighted by Crippen LogP contribution is 2.42. The normalized spacial score (nSPS) is 16.8. The van der Waals surface area contributed by atoms with Crippen molar-refractivity contribution >= 4 is 40.5 Å². The van der Waals surface area contributed by atoms with E-state index in [1.54, 1.807) is 18.3 Å². The van der Waals surface area contributed by atoms with Crippen LogP contribution in [-0.2, 0) is 4.79 Å². The van der Waals surface area contributed by atoms with E-state index in [2.05, 4.69) is 51.1 Å². The molecule has 1 aliphatic heterocycles. The van der Waals surface area contributed by atoms with Crippen LogP contribution < -0.4 is 10.6 Å². The van der Waals surface area contributed by atoms with Gasteiger partial charge < -0.3 is 20.1 Å². The fraction of sp³-hybridized carbons (Fsp3) is 0.233. The third-order valence-corrected chi connectivity index (χ3v) is 7.94. The minimum atomic E-state index is -0.351. The Balaban J connectivity index is 1.48. The highest BCUT2D eigenvalue weighted by atomic mass is 35.5. The standard InChI is InChI=1S/C30H29ClFN5OS/c1-18-17-23(20(3)37(18)26-9-6-7-24(31)19(26)2)29-28(25-8-4-5-15-33-25)35-30(39)36(29)16-14-27(38)34-22-12-10-21(32)11-13-22/h4-13,15,17,28-29H,14,16H2,1-3H3,(H,34,38)(H,35,39)/t28-,29-/m1/s1. The third-order valence-electron chi connectivity index (χ3n) is 7.17. The van der Waals surface area contributed by atoms with Crippen LogP contribution in [0.3, 0.4) is 0 Å². The number of hydrogen-bond donors (Lipinski definition) is 2. The molecule has 2 N–H and O–H groups in total. The monoisotopic (exact) mass is 561 g/mol. The molecule has 9 heteroatoms. The number of amides is 1. The first kappa shape index (κ1) is 26.8. The van der Waals surface area contributed by atoms with Crippen molar-refractivity contribution in [1.29, 1.82) is 0 Å². The van der Waals surface area contributed by atoms with Crippen molar-refractivity contribution in [3.63, 3.8) is 0 Å². The fourth-order valence-electron chi connectivity index (χ4n) is 5.26. The Morgan fingerprint density at radius 1 is 1.10 bits per heavy atom. The molecule has 1 aliphatic rings. The number of benzene rings is 2. The van der Waals surface area contributed by atoms with E-state index in [1.807, 2.05) is 37.3 Å². The Labute approximate surface area is 237 Å². The van der Waals surface area contributed by atoms with Gasteiger partial charge in [0, 0.05) is 46.9 Å². The van der Waals surface area contributed by atoms with Gasteiger partial charge in [0.05, 0.1) is 17.8 Å². The van der Waals surface area contributed by atoms with Crippen molar-refractivity contribution in [3.8, 4) is 5.69 Å². The fourth-order valence-corrected chi connectivity index (χ4v) is 5.76. The number of carbonyl (C=O) groups is 1. The Kier molecular flexibility index (Phi) is 7.68. The van der Waals surface area contributed by atoms with Crippen LogP contribution in [0.1, 0.15) is 46.7 Å². The largest absolute Gasteiger partial charge is 0.352 e. The van der Waals surface area contributed by atoms with E-state index in [0.29, 0.717) is 22.4 Å². The van der Waals surface area contributed by atoms with E-state index in [9.17, 15) is 9.18 Å². The molecule has 2 atom stereocenters. The van der Waals surface area contributed by atoms with Gasteiger partial charge in [-0.25, -0.2) is 4.39 Å². The summed E-state index contributed by atoms with van der Waals surface area (Å²) in [7, 11) is 0. The molecule has 1 fully saturated rings. The molecule has 0 unspecified atom stereocenters. The van der Waals surface area contributed by atoms with E-state index < -0.39 is 0 Å². The zero-order chi connectivity index (χ0) is 27.7. The first-order chi connectivity index (χ1) is 18.7.